The summed E-state index contributed by atoms with van der Waals surface area (Å²) in [5.74, 6) is 0. The maximum atomic E-state index is 4.84. The molecule has 0 unspecified atom stereocenters. The highest BCUT2D eigenvalue weighted by Gasteiger charge is 2.12. The highest BCUT2D eigenvalue weighted by molar-refractivity contribution is 5.84. The van der Waals surface area contributed by atoms with Crippen molar-refractivity contribution in [1.29, 1.82) is 0 Å². The minimum atomic E-state index is 0. The summed E-state index contributed by atoms with van der Waals surface area (Å²) in [4.78, 5) is 2.28. The van der Waals surface area contributed by atoms with Gasteiger partial charge >= 0.3 is 0 Å². The van der Waals surface area contributed by atoms with Gasteiger partial charge in [0.1, 0.15) is 0 Å². The van der Waals surface area contributed by atoms with Gasteiger partial charge in [0.25, 0.3) is 0 Å². The Morgan fingerprint density at radius 3 is 1.27 bits per heavy atom. The Labute approximate surface area is 222 Å². The second-order valence-corrected chi connectivity index (χ2v) is 8.83. The van der Waals surface area contributed by atoms with Gasteiger partial charge in [-0.2, -0.15) is 5.10 Å². The Bertz CT molecular complexity index is 1330. The molecule has 0 saturated carbocycles. The lowest BCUT2D eigenvalue weighted by molar-refractivity contribution is 1.09. The van der Waals surface area contributed by atoms with E-state index >= 15 is 0 Å². The molecule has 0 fully saturated rings. The average molecular weight is 486 g/mol. The number of hydrazone groups is 1. The van der Waals surface area contributed by atoms with E-state index in [0.717, 1.165) is 34.0 Å². The molecule has 5 rings (SSSR count). The van der Waals surface area contributed by atoms with E-state index in [0.29, 0.717) is 0 Å². The van der Waals surface area contributed by atoms with E-state index in [1.807, 2.05) is 47.6 Å². The molecule has 37 heavy (non-hydrogen) atoms. The average Bonchev–Trinajstić information content (AvgIpc) is 2.93. The fraction of sp³-hybridized carbons (Fsp3) is 0.0882. The van der Waals surface area contributed by atoms with Crippen LogP contribution in [0.25, 0.3) is 0 Å². The predicted molar refractivity (Wildman–Crippen MR) is 162 cm³/mol. The minimum absolute atomic E-state index is 0. The highest BCUT2D eigenvalue weighted by atomic mass is 15.5. The fourth-order valence-electron chi connectivity index (χ4n) is 4.09. The summed E-state index contributed by atoms with van der Waals surface area (Å²) in [6.45, 7) is 4.23. The number of rotatable bonds is 7. The van der Waals surface area contributed by atoms with E-state index in [4.69, 9.17) is 5.10 Å². The molecule has 5 aromatic rings. The van der Waals surface area contributed by atoms with Crippen molar-refractivity contribution in [1.82, 2.24) is 0 Å². The lowest BCUT2D eigenvalue weighted by Crippen LogP contribution is -2.10. The van der Waals surface area contributed by atoms with E-state index in [-0.39, 0.29) is 8.85 Å². The first-order chi connectivity index (χ1) is 17.7. The molecule has 0 bridgehead atoms. The maximum absolute atomic E-state index is 4.84. The highest BCUT2D eigenvalue weighted by Crippen LogP contribution is 2.34. The smallest absolute Gasteiger partial charge is 0.0652 e. The van der Waals surface area contributed by atoms with Gasteiger partial charge in [-0.25, -0.2) is 5.01 Å². The van der Waals surface area contributed by atoms with E-state index in [1.54, 1.807) is 0 Å². The molecule has 0 aliphatic carbocycles. The SMILES string of the molecule is C.Cc1ccc(N(c2ccc(C)cc2)c2ccc(/C=N/N(c3ccccc3)c3ccccc3)cc2)cc1.[HH]. The summed E-state index contributed by atoms with van der Waals surface area (Å²) in [5, 5.41) is 6.80. The lowest BCUT2D eigenvalue weighted by Gasteiger charge is -2.26. The van der Waals surface area contributed by atoms with Gasteiger partial charge in [0, 0.05) is 18.5 Å². The van der Waals surface area contributed by atoms with Crippen LogP contribution in [-0.2, 0) is 0 Å². The Hall–Kier alpha value is -4.63. The van der Waals surface area contributed by atoms with Crippen molar-refractivity contribution in [2.24, 2.45) is 5.10 Å². The third-order valence-electron chi connectivity index (χ3n) is 6.06. The Kier molecular flexibility index (Phi) is 8.17. The van der Waals surface area contributed by atoms with Gasteiger partial charge in [0.15, 0.2) is 0 Å². The van der Waals surface area contributed by atoms with Crippen LogP contribution >= 0.6 is 0 Å². The molecule has 0 aliphatic heterocycles. The van der Waals surface area contributed by atoms with Crippen LogP contribution in [0.4, 0.5) is 28.4 Å². The standard InChI is InChI=1S/C33H29N3.CH4.H2/c1-26-13-19-29(20-14-26)35(30-21-15-27(2)16-22-30)31-23-17-28(18-24-31)25-34-36(32-9-5-3-6-10-32)33-11-7-4-8-12-33;;/h3-25H,1-2H3;1H4;1H/b34-25+;;. The van der Waals surface area contributed by atoms with Gasteiger partial charge < -0.3 is 4.90 Å². The van der Waals surface area contributed by atoms with Gasteiger partial charge in [-0.15, -0.1) is 0 Å². The van der Waals surface area contributed by atoms with Gasteiger partial charge in [-0.05, 0) is 80.1 Å². The first kappa shape index (κ1) is 25.5. The molecular formula is C34H35N3. The number of benzene rings is 5. The molecular weight excluding hydrogens is 450 g/mol. The number of aryl methyl sites for hydroxylation is 2. The molecule has 0 heterocycles. The largest absolute Gasteiger partial charge is 0.311 e. The fourth-order valence-corrected chi connectivity index (χ4v) is 4.09. The van der Waals surface area contributed by atoms with E-state index in [9.17, 15) is 0 Å². The van der Waals surface area contributed by atoms with Crippen molar-refractivity contribution in [3.63, 3.8) is 0 Å². The quantitative estimate of drug-likeness (QED) is 0.169. The van der Waals surface area contributed by atoms with Crippen LogP contribution < -0.4 is 9.91 Å². The van der Waals surface area contributed by atoms with Crippen LogP contribution in [-0.4, -0.2) is 6.21 Å². The van der Waals surface area contributed by atoms with E-state index < -0.39 is 0 Å². The van der Waals surface area contributed by atoms with Crippen molar-refractivity contribution in [3.05, 3.63) is 150 Å². The Morgan fingerprint density at radius 2 is 0.865 bits per heavy atom. The molecule has 0 atom stereocenters. The molecule has 0 amide bonds. The van der Waals surface area contributed by atoms with E-state index in [2.05, 4.69) is 116 Å². The van der Waals surface area contributed by atoms with Crippen LogP contribution in [0.3, 0.4) is 0 Å². The molecule has 5 aromatic carbocycles. The van der Waals surface area contributed by atoms with Crippen LogP contribution in [0.5, 0.6) is 0 Å². The zero-order valence-corrected chi connectivity index (χ0v) is 20.6. The van der Waals surface area contributed by atoms with E-state index in [1.165, 1.54) is 11.1 Å². The molecule has 0 saturated heterocycles. The van der Waals surface area contributed by atoms with Crippen LogP contribution in [0.2, 0.25) is 0 Å². The summed E-state index contributed by atoms with van der Waals surface area (Å²) >= 11 is 0. The number of nitrogens with zero attached hydrogens (tertiary/aromatic N) is 3. The van der Waals surface area contributed by atoms with Crippen molar-refractivity contribution in [3.8, 4) is 0 Å². The predicted octanol–water partition coefficient (Wildman–Crippen LogP) is 9.83. The van der Waals surface area contributed by atoms with Gasteiger partial charge in [0.2, 0.25) is 0 Å². The number of hydrogen-bond acceptors (Lipinski definition) is 3. The third kappa shape index (κ3) is 6.14. The second kappa shape index (κ2) is 11.9. The second-order valence-electron chi connectivity index (χ2n) is 8.83. The van der Waals surface area contributed by atoms with Crippen molar-refractivity contribution in [2.75, 3.05) is 9.91 Å². The lowest BCUT2D eigenvalue weighted by atomic mass is 10.1. The zero-order valence-electron chi connectivity index (χ0n) is 20.6. The molecule has 186 valence electrons. The third-order valence-corrected chi connectivity index (χ3v) is 6.06. The van der Waals surface area contributed by atoms with Crippen molar-refractivity contribution >= 4 is 34.7 Å². The van der Waals surface area contributed by atoms with Crippen molar-refractivity contribution in [2.45, 2.75) is 21.3 Å². The zero-order chi connectivity index (χ0) is 24.7. The topological polar surface area (TPSA) is 18.8 Å². The van der Waals surface area contributed by atoms with Gasteiger partial charge in [-0.3, -0.25) is 0 Å². The summed E-state index contributed by atoms with van der Waals surface area (Å²) in [6, 6.07) is 46.2. The normalized spacial score (nSPS) is 10.6. The number of para-hydroxylation sites is 2. The Balaban J connectivity index is 0.00000200. The Morgan fingerprint density at radius 1 is 0.486 bits per heavy atom. The van der Waals surface area contributed by atoms with Gasteiger partial charge in [0.05, 0.1) is 17.6 Å². The molecule has 0 N–H and O–H groups in total. The van der Waals surface area contributed by atoms with Crippen molar-refractivity contribution < 1.29 is 1.43 Å². The molecule has 3 nitrogen and oxygen atoms in total. The maximum Gasteiger partial charge on any atom is 0.0652 e. The first-order valence-electron chi connectivity index (χ1n) is 12.2. The summed E-state index contributed by atoms with van der Waals surface area (Å²) in [7, 11) is 0. The molecule has 0 aromatic heterocycles. The first-order valence-corrected chi connectivity index (χ1v) is 12.2. The number of hydrogen-bond donors (Lipinski definition) is 0. The number of anilines is 5. The van der Waals surface area contributed by atoms with Gasteiger partial charge in [-0.1, -0.05) is 91.3 Å². The van der Waals surface area contributed by atoms with Crippen LogP contribution in [0.15, 0.2) is 139 Å². The monoisotopic (exact) mass is 485 g/mol. The molecule has 0 spiro atoms. The summed E-state index contributed by atoms with van der Waals surface area (Å²) < 4.78 is 0. The van der Waals surface area contributed by atoms with Crippen LogP contribution in [0.1, 0.15) is 25.5 Å². The molecule has 3 heteroatoms. The summed E-state index contributed by atoms with van der Waals surface area (Å²) in [5.41, 5.74) is 8.91. The minimum Gasteiger partial charge on any atom is -0.311 e. The molecule has 0 radical (unpaired) electrons. The summed E-state index contributed by atoms with van der Waals surface area (Å²) in [6.07, 6.45) is 1.91. The molecule has 0 aliphatic rings. The van der Waals surface area contributed by atoms with Crippen LogP contribution in [0, 0.1) is 13.8 Å².